The number of likely N-dealkylation sites (tertiary alicyclic amines) is 1. The zero-order valence-electron chi connectivity index (χ0n) is 20.6. The van der Waals surface area contributed by atoms with Gasteiger partial charge in [0.25, 0.3) is 11.8 Å². The largest absolute Gasteiger partial charge is 0.405 e. The number of carbonyl (C=O) groups is 2. The van der Waals surface area contributed by atoms with Gasteiger partial charge in [0.1, 0.15) is 12.4 Å². The Morgan fingerprint density at radius 1 is 1.05 bits per heavy atom. The fourth-order valence-corrected chi connectivity index (χ4v) is 4.16. The number of nitrogens with zero attached hydrogens (tertiary/aromatic N) is 2. The molecule has 3 N–H and O–H groups in total. The maximum absolute atomic E-state index is 13.1. The minimum Gasteiger partial charge on any atom is -0.398 e. The van der Waals surface area contributed by atoms with E-state index in [1.807, 2.05) is 17.4 Å². The minimum absolute atomic E-state index is 0.0897. The van der Waals surface area contributed by atoms with E-state index < -0.39 is 18.6 Å². The van der Waals surface area contributed by atoms with Crippen LogP contribution in [-0.4, -0.2) is 55.3 Å². The van der Waals surface area contributed by atoms with Crippen LogP contribution in [0.5, 0.6) is 0 Å². The Labute approximate surface area is 217 Å². The molecule has 1 fully saturated rings. The second kappa shape index (κ2) is 11.0. The van der Waals surface area contributed by atoms with Crippen LogP contribution in [-0.2, 0) is 0 Å². The van der Waals surface area contributed by atoms with Crippen molar-refractivity contribution in [2.75, 3.05) is 31.9 Å². The van der Waals surface area contributed by atoms with Gasteiger partial charge < -0.3 is 16.0 Å². The Morgan fingerprint density at radius 2 is 1.66 bits per heavy atom. The summed E-state index contributed by atoms with van der Waals surface area (Å²) in [6, 6.07) is 16.2. The van der Waals surface area contributed by atoms with Crippen LogP contribution in [0.3, 0.4) is 0 Å². The fourth-order valence-electron chi connectivity index (χ4n) is 4.16. The van der Waals surface area contributed by atoms with E-state index in [0.29, 0.717) is 42.0 Å². The van der Waals surface area contributed by atoms with Crippen LogP contribution in [0.2, 0.25) is 0 Å². The number of halogens is 4. The fraction of sp³-hybridized carbons (Fsp3) is 0.250. The van der Waals surface area contributed by atoms with Crippen molar-refractivity contribution in [3.05, 3.63) is 88.7 Å². The zero-order valence-corrected chi connectivity index (χ0v) is 20.6. The summed E-state index contributed by atoms with van der Waals surface area (Å²) < 4.78 is 50.4. The molecule has 1 heterocycles. The number of benzene rings is 3. The SMILES string of the molecule is Cc1cc(N)c(C=NCC2CN(C(=O)c3ccc(-c4ccc(F)cc4)cc3)C2)cc1C(=O)NCC(F)(F)F. The van der Waals surface area contributed by atoms with Crippen LogP contribution >= 0.6 is 0 Å². The van der Waals surface area contributed by atoms with Gasteiger partial charge in [0.05, 0.1) is 0 Å². The number of rotatable bonds is 7. The first-order valence-corrected chi connectivity index (χ1v) is 11.9. The molecule has 3 aromatic carbocycles. The number of hydrogen-bond donors (Lipinski definition) is 2. The summed E-state index contributed by atoms with van der Waals surface area (Å²) in [4.78, 5) is 31.0. The van der Waals surface area contributed by atoms with Crippen molar-refractivity contribution in [2.24, 2.45) is 10.9 Å². The van der Waals surface area contributed by atoms with Crippen molar-refractivity contribution in [3.8, 4) is 11.1 Å². The van der Waals surface area contributed by atoms with E-state index in [4.69, 9.17) is 5.73 Å². The van der Waals surface area contributed by atoms with Gasteiger partial charge in [-0.25, -0.2) is 4.39 Å². The number of hydrogen-bond acceptors (Lipinski definition) is 4. The molecule has 1 aliphatic rings. The monoisotopic (exact) mass is 526 g/mol. The lowest BCUT2D eigenvalue weighted by molar-refractivity contribution is -0.123. The summed E-state index contributed by atoms with van der Waals surface area (Å²) in [5.74, 6) is -1.09. The number of carbonyl (C=O) groups excluding carboxylic acids is 2. The number of amides is 2. The molecule has 198 valence electrons. The van der Waals surface area contributed by atoms with E-state index in [-0.39, 0.29) is 23.2 Å². The number of aliphatic imine (C=N–C) groups is 1. The van der Waals surface area contributed by atoms with Crippen molar-refractivity contribution < 1.29 is 27.2 Å². The molecule has 1 aliphatic heterocycles. The Kier molecular flexibility index (Phi) is 7.80. The average molecular weight is 527 g/mol. The molecule has 0 aliphatic carbocycles. The summed E-state index contributed by atoms with van der Waals surface area (Å²) in [7, 11) is 0. The molecule has 0 aromatic heterocycles. The number of alkyl halides is 3. The first-order chi connectivity index (χ1) is 18.0. The highest BCUT2D eigenvalue weighted by atomic mass is 19.4. The first-order valence-electron chi connectivity index (χ1n) is 11.9. The Bertz CT molecular complexity index is 1350. The summed E-state index contributed by atoms with van der Waals surface area (Å²) in [5.41, 5.74) is 9.64. The molecule has 6 nitrogen and oxygen atoms in total. The lowest BCUT2D eigenvalue weighted by Gasteiger charge is -2.38. The molecule has 0 spiro atoms. The summed E-state index contributed by atoms with van der Waals surface area (Å²) in [6.45, 7) is 1.66. The van der Waals surface area contributed by atoms with Gasteiger partial charge in [0.2, 0.25) is 0 Å². The summed E-state index contributed by atoms with van der Waals surface area (Å²) in [5, 5.41) is 1.86. The molecule has 0 bridgehead atoms. The molecule has 10 heteroatoms. The standard InChI is InChI=1S/C28H26F4N4O2/c1-17-10-25(33)22(11-24(17)26(37)35-16-28(30,31)32)13-34-12-18-14-36(15-18)27(38)21-4-2-19(3-5-21)20-6-8-23(29)9-7-20/h2-11,13,18H,12,14-16,33H2,1H3,(H,35,37). The summed E-state index contributed by atoms with van der Waals surface area (Å²) in [6.07, 6.45) is -3.01. The van der Waals surface area contributed by atoms with Gasteiger partial charge in [-0.3, -0.25) is 14.6 Å². The Hall–Kier alpha value is -4.21. The normalized spacial score (nSPS) is 14.0. The van der Waals surface area contributed by atoms with Gasteiger partial charge >= 0.3 is 6.18 Å². The highest BCUT2D eigenvalue weighted by molar-refractivity contribution is 5.99. The molecule has 0 atom stereocenters. The van der Waals surface area contributed by atoms with Crippen LogP contribution in [0.4, 0.5) is 23.2 Å². The van der Waals surface area contributed by atoms with E-state index in [1.165, 1.54) is 30.5 Å². The van der Waals surface area contributed by atoms with E-state index in [2.05, 4.69) is 4.99 Å². The summed E-state index contributed by atoms with van der Waals surface area (Å²) >= 11 is 0. The van der Waals surface area contributed by atoms with Crippen LogP contribution in [0.1, 0.15) is 31.8 Å². The Morgan fingerprint density at radius 3 is 2.26 bits per heavy atom. The Balaban J connectivity index is 1.30. The topological polar surface area (TPSA) is 87.8 Å². The third kappa shape index (κ3) is 6.56. The van der Waals surface area contributed by atoms with E-state index >= 15 is 0 Å². The lowest BCUT2D eigenvalue weighted by atomic mass is 9.98. The molecule has 0 saturated carbocycles. The molecule has 0 radical (unpaired) electrons. The van der Waals surface area contributed by atoms with Gasteiger partial charge in [-0.2, -0.15) is 13.2 Å². The number of nitrogens with two attached hydrogens (primary N) is 1. The van der Waals surface area contributed by atoms with Gasteiger partial charge in [-0.15, -0.1) is 0 Å². The second-order valence-corrected chi connectivity index (χ2v) is 9.25. The quantitative estimate of drug-likeness (QED) is 0.262. The van der Waals surface area contributed by atoms with E-state index in [1.54, 1.807) is 36.1 Å². The van der Waals surface area contributed by atoms with Crippen molar-refractivity contribution in [2.45, 2.75) is 13.1 Å². The number of aryl methyl sites for hydroxylation is 1. The predicted octanol–water partition coefficient (Wildman–Crippen LogP) is 4.87. The maximum atomic E-state index is 13.1. The smallest absolute Gasteiger partial charge is 0.398 e. The third-order valence-electron chi connectivity index (χ3n) is 6.27. The molecule has 2 amide bonds. The van der Waals surface area contributed by atoms with Crippen LogP contribution in [0.15, 0.2) is 65.7 Å². The van der Waals surface area contributed by atoms with Crippen molar-refractivity contribution in [1.29, 1.82) is 0 Å². The minimum atomic E-state index is -4.51. The predicted molar refractivity (Wildman–Crippen MR) is 138 cm³/mol. The number of nitrogens with one attached hydrogen (secondary N) is 1. The van der Waals surface area contributed by atoms with Crippen molar-refractivity contribution in [3.63, 3.8) is 0 Å². The van der Waals surface area contributed by atoms with Gasteiger partial charge in [-0.1, -0.05) is 24.3 Å². The molecule has 38 heavy (non-hydrogen) atoms. The molecular weight excluding hydrogens is 500 g/mol. The maximum Gasteiger partial charge on any atom is 0.405 e. The molecule has 1 saturated heterocycles. The highest BCUT2D eigenvalue weighted by Crippen LogP contribution is 2.24. The van der Waals surface area contributed by atoms with Gasteiger partial charge in [0.15, 0.2) is 0 Å². The zero-order chi connectivity index (χ0) is 27.4. The van der Waals surface area contributed by atoms with Gasteiger partial charge in [-0.05, 0) is 60.0 Å². The number of nitrogen functional groups attached to an aromatic ring is 1. The molecule has 4 rings (SSSR count). The van der Waals surface area contributed by atoms with Crippen LogP contribution < -0.4 is 11.1 Å². The van der Waals surface area contributed by atoms with Crippen LogP contribution in [0, 0.1) is 18.7 Å². The van der Waals surface area contributed by atoms with Gasteiger partial charge in [0, 0.05) is 54.1 Å². The average Bonchev–Trinajstić information content (AvgIpc) is 2.85. The highest BCUT2D eigenvalue weighted by Gasteiger charge is 2.31. The molecular formula is C28H26F4N4O2. The third-order valence-corrected chi connectivity index (χ3v) is 6.27. The van der Waals surface area contributed by atoms with E-state index in [9.17, 15) is 27.2 Å². The van der Waals surface area contributed by atoms with Crippen LogP contribution in [0.25, 0.3) is 11.1 Å². The number of anilines is 1. The van der Waals surface area contributed by atoms with Crippen molar-refractivity contribution >= 4 is 23.7 Å². The molecule has 0 unspecified atom stereocenters. The van der Waals surface area contributed by atoms with Crippen molar-refractivity contribution in [1.82, 2.24) is 10.2 Å². The molecule has 3 aromatic rings. The van der Waals surface area contributed by atoms with E-state index in [0.717, 1.165) is 11.1 Å². The lowest BCUT2D eigenvalue weighted by Crippen LogP contribution is -2.51. The first kappa shape index (κ1) is 26.8. The second-order valence-electron chi connectivity index (χ2n) is 9.25.